The van der Waals surface area contributed by atoms with Crippen LogP contribution in [0, 0.1) is 101 Å². The number of rotatable bonds is 12. The number of carbonyl (C=O) groups excluding carboxylic acids is 3. The summed E-state index contributed by atoms with van der Waals surface area (Å²) in [6, 6.07) is 1.01. The number of nitrogens with two attached hydrogens (primary N) is 1. The Morgan fingerprint density at radius 2 is 0.971 bits per heavy atom. The maximum Gasteiger partial charge on any atom is 0.303 e. The molecule has 20 heteroatoms. The van der Waals surface area contributed by atoms with Gasteiger partial charge < -0.3 is 68.4 Å². The number of Topliss-reactive ketones (excluding diaryl/α,β-unsaturated/α-hetero) is 1. The van der Waals surface area contributed by atoms with Crippen molar-refractivity contribution in [3.8, 4) is 0 Å². The highest BCUT2D eigenvalue weighted by molar-refractivity contribution is 5.93. The van der Waals surface area contributed by atoms with Crippen LogP contribution >= 0.6 is 0 Å². The van der Waals surface area contributed by atoms with E-state index in [0.717, 1.165) is 104 Å². The third kappa shape index (κ3) is 12.0. The van der Waals surface area contributed by atoms with Gasteiger partial charge >= 0.3 is 11.9 Å². The fourth-order valence-corrected chi connectivity index (χ4v) is 28.2. The number of hydrogen-bond donors (Lipinski definition) is 4. The van der Waals surface area contributed by atoms with E-state index in [1.54, 1.807) is 27.7 Å². The molecule has 10 aliphatic carbocycles. The van der Waals surface area contributed by atoms with Gasteiger partial charge in [-0.1, -0.05) is 69.2 Å². The third-order valence-electron chi connectivity index (χ3n) is 33.0. The summed E-state index contributed by atoms with van der Waals surface area (Å²) in [6.45, 7) is 47.6. The molecule has 19 nitrogen and oxygen atoms in total. The molecular formula is C82H135BN3O16. The summed E-state index contributed by atoms with van der Waals surface area (Å²) < 4.78 is 62.1. The van der Waals surface area contributed by atoms with Gasteiger partial charge in [-0.25, -0.2) is 0 Å². The summed E-state index contributed by atoms with van der Waals surface area (Å²) in [5.41, 5.74) is 3.02. The van der Waals surface area contributed by atoms with Crippen LogP contribution in [-0.4, -0.2) is 213 Å². The molecule has 6 saturated heterocycles. The van der Waals surface area contributed by atoms with Crippen LogP contribution in [0.4, 0.5) is 0 Å². The molecule has 4 spiro atoms. The summed E-state index contributed by atoms with van der Waals surface area (Å²) in [5.74, 6) is 2.20. The predicted molar refractivity (Wildman–Crippen MR) is 386 cm³/mol. The first-order valence-corrected chi connectivity index (χ1v) is 40.3. The molecule has 10 saturated carbocycles. The van der Waals surface area contributed by atoms with E-state index in [4.69, 9.17) is 53.1 Å². The predicted octanol–water partition coefficient (Wildman–Crippen LogP) is 10.5. The Morgan fingerprint density at radius 3 is 1.40 bits per heavy atom. The van der Waals surface area contributed by atoms with Gasteiger partial charge in [-0.15, -0.1) is 0 Å². The average Bonchev–Trinajstić information content (AvgIpc) is 1.46. The Hall–Kier alpha value is -1.89. The Morgan fingerprint density at radius 1 is 0.569 bits per heavy atom. The van der Waals surface area contributed by atoms with Crippen LogP contribution in [-0.2, 0) is 61.8 Å². The third-order valence-corrected chi connectivity index (χ3v) is 33.0. The van der Waals surface area contributed by atoms with Crippen LogP contribution < -0.4 is 5.73 Å². The average molecular weight is 1430 g/mol. The molecule has 6 aliphatic heterocycles. The number of esters is 2. The highest BCUT2D eigenvalue weighted by Crippen LogP contribution is 2.91. The van der Waals surface area contributed by atoms with Gasteiger partial charge in [-0.05, 0) is 236 Å². The van der Waals surface area contributed by atoms with Crippen LogP contribution in [0.25, 0.3) is 0 Å². The van der Waals surface area contributed by atoms with Gasteiger partial charge in [0.2, 0.25) is 0 Å². The number of nitrogens with zero attached hydrogens (tertiary/aromatic N) is 2. The lowest BCUT2D eigenvalue weighted by atomic mass is 9.41. The zero-order valence-corrected chi connectivity index (χ0v) is 66.2. The van der Waals surface area contributed by atoms with Crippen molar-refractivity contribution in [3.63, 3.8) is 0 Å². The standard InChI is InChI=1S/C39H63NO8.C39H61NO8.C4H11N.B/c2*1-22-17-25(33(35(5,6)43)46-23(2)41)47-31-30(22)36(7)13-14-39-21-38(39)12-11-28(48-29-18-40(15-16-45-29)24-19-44-20-24)34(3,4)26(38)9-10-27(39)37(36,8)32(31)42;1-4(2,3)5;/h22,24-33,42-43H,9-21H2,1-8H3;22,24-31,33,43H,9-21H2,1-8H3;5H2,1-3H3;/t22-,25-,26+,27+,28+,29+,30+,31+,32-,33+,36-,37-,38-,39?;22-,25-,26+,27+,28+,29+,30+,31+,33+,36-,37-,38-,39?;;/m11../s1. The topological polar surface area (TPSA) is 237 Å². The number of hydrogen-bond acceptors (Lipinski definition) is 19. The molecule has 577 valence electrons. The van der Waals surface area contributed by atoms with Gasteiger partial charge in [0, 0.05) is 57.6 Å². The highest BCUT2D eigenvalue weighted by atomic mass is 16.7. The molecule has 102 heavy (non-hydrogen) atoms. The first kappa shape index (κ1) is 78.2. The fourth-order valence-electron chi connectivity index (χ4n) is 28.2. The minimum absolute atomic E-state index is 0. The second-order valence-corrected chi connectivity index (χ2v) is 40.9. The molecule has 0 bridgehead atoms. The number of aliphatic hydroxyl groups is 3. The molecule has 6 heterocycles. The lowest BCUT2D eigenvalue weighted by Gasteiger charge is -2.64. The molecule has 2 unspecified atom stereocenters. The van der Waals surface area contributed by atoms with E-state index < -0.39 is 65.2 Å². The SMILES string of the molecule is CC(=O)O[C@@H]([C@H]1C[C@@H](C)[C@H]2[C@H](O1)C(=O)[C@@]1(C)[C@@H]3CC[C@H]4C(C)(C)[C@@H](O[C@H]5CN(C6COC6)CCO5)CC[C@@]45CC35CC[C@]21C)C(C)(C)O.CC(=O)O[C@@H]([C@H]1C[C@@H](C)[C@H]2[C@H](O1)[C@@H](O)[C@@]1(C)[C@@H]3CC[C@H]4C(C)(C)[C@@H](O[C@H]5CN(C6COC6)CCO5)CC[C@@]45CC35CC[C@]21C)C(C)(C)O.CC(C)(C)N.[B]. The van der Waals surface area contributed by atoms with Crippen molar-refractivity contribution in [3.05, 3.63) is 0 Å². The van der Waals surface area contributed by atoms with Crippen molar-refractivity contribution < 1.29 is 77.1 Å². The van der Waals surface area contributed by atoms with Crippen LogP contribution in [0.15, 0.2) is 0 Å². The molecule has 16 rings (SSSR count). The van der Waals surface area contributed by atoms with E-state index in [2.05, 4.69) is 79.0 Å². The van der Waals surface area contributed by atoms with E-state index in [-0.39, 0.29) is 118 Å². The zero-order chi connectivity index (χ0) is 73.0. The van der Waals surface area contributed by atoms with E-state index >= 15 is 4.79 Å². The van der Waals surface area contributed by atoms with E-state index in [9.17, 15) is 24.9 Å². The Kier molecular flexibility index (Phi) is 20.3. The largest absolute Gasteiger partial charge is 0.457 e. The number of aliphatic hydroxyl groups excluding tert-OH is 1. The molecule has 16 fully saturated rings. The molecule has 0 aromatic carbocycles. The number of fused-ring (bicyclic) bond motifs is 8. The van der Waals surface area contributed by atoms with E-state index in [0.29, 0.717) is 60.6 Å². The maximum absolute atomic E-state index is 15.0. The van der Waals surface area contributed by atoms with Crippen LogP contribution in [0.1, 0.15) is 234 Å². The number of morpholine rings is 2. The van der Waals surface area contributed by atoms with Gasteiger partial charge in [-0.3, -0.25) is 24.2 Å². The summed E-state index contributed by atoms with van der Waals surface area (Å²) in [5, 5.41) is 34.6. The zero-order valence-electron chi connectivity index (χ0n) is 66.2. The van der Waals surface area contributed by atoms with Crippen molar-refractivity contribution in [1.82, 2.24) is 9.80 Å². The van der Waals surface area contributed by atoms with Crippen molar-refractivity contribution in [2.75, 3.05) is 65.8 Å². The summed E-state index contributed by atoms with van der Waals surface area (Å²) >= 11 is 0. The van der Waals surface area contributed by atoms with Crippen LogP contribution in [0.5, 0.6) is 0 Å². The van der Waals surface area contributed by atoms with Crippen molar-refractivity contribution in [2.24, 2.45) is 107 Å². The minimum atomic E-state index is -1.28. The van der Waals surface area contributed by atoms with Gasteiger partial charge in [0.1, 0.15) is 6.10 Å². The second-order valence-electron chi connectivity index (χ2n) is 40.9. The summed E-state index contributed by atoms with van der Waals surface area (Å²) in [4.78, 5) is 44.2. The smallest absolute Gasteiger partial charge is 0.303 e. The molecule has 5 N–H and O–H groups in total. The first-order valence-electron chi connectivity index (χ1n) is 40.3. The number of carbonyl (C=O) groups is 3. The number of ether oxygens (including phenoxy) is 10. The van der Waals surface area contributed by atoms with Gasteiger partial charge in [0.05, 0.1) is 113 Å². The second kappa shape index (κ2) is 26.4. The van der Waals surface area contributed by atoms with Crippen molar-refractivity contribution >= 4 is 26.1 Å². The monoisotopic (exact) mass is 1430 g/mol. The van der Waals surface area contributed by atoms with E-state index in [1.807, 2.05) is 20.8 Å². The van der Waals surface area contributed by atoms with E-state index in [1.165, 1.54) is 58.8 Å². The lowest BCUT2D eigenvalue weighted by molar-refractivity contribution is -0.256. The van der Waals surface area contributed by atoms with Gasteiger partial charge in [0.25, 0.3) is 0 Å². The summed E-state index contributed by atoms with van der Waals surface area (Å²) in [6.07, 6.45) is 13.5. The van der Waals surface area contributed by atoms with Crippen LogP contribution in [0.2, 0.25) is 0 Å². The van der Waals surface area contributed by atoms with Gasteiger partial charge in [-0.2, -0.15) is 0 Å². The minimum Gasteiger partial charge on any atom is -0.457 e. The molecular weight excluding hydrogens is 1290 g/mol. The highest BCUT2D eigenvalue weighted by Gasteiger charge is 2.87. The van der Waals surface area contributed by atoms with Crippen molar-refractivity contribution in [1.29, 1.82) is 0 Å². The Bertz CT molecular complexity index is 3100. The van der Waals surface area contributed by atoms with Crippen molar-refractivity contribution in [2.45, 2.75) is 331 Å². The molecule has 0 aromatic heterocycles. The molecule has 0 amide bonds. The quantitative estimate of drug-likeness (QED) is 0.105. The Balaban J connectivity index is 0.000000169. The number of ketones is 1. The normalized spacial score (nSPS) is 48.9. The molecule has 16 aliphatic rings. The van der Waals surface area contributed by atoms with Gasteiger partial charge in [0.15, 0.2) is 30.6 Å². The molecule has 3 radical (unpaired) electrons. The van der Waals surface area contributed by atoms with Crippen LogP contribution in [0.3, 0.4) is 0 Å². The molecule has 0 aromatic rings. The fraction of sp³-hybridized carbons (Fsp3) is 0.963. The lowest BCUT2D eigenvalue weighted by Crippen LogP contribution is -2.60. The Labute approximate surface area is 613 Å². The maximum atomic E-state index is 15.0. The molecule has 27 atom stereocenters. The first-order chi connectivity index (χ1) is 47.0. The summed E-state index contributed by atoms with van der Waals surface area (Å²) in [7, 11) is 0.